The van der Waals surface area contributed by atoms with Crippen LogP contribution in [0, 0.1) is 5.92 Å². The number of hydrogen-bond donors (Lipinski definition) is 0. The van der Waals surface area contributed by atoms with Crippen LogP contribution in [0.3, 0.4) is 0 Å². The minimum absolute atomic E-state index is 0.0325. The quantitative estimate of drug-likeness (QED) is 0.681. The summed E-state index contributed by atoms with van der Waals surface area (Å²) in [5.74, 6) is 0.654. The second-order valence-electron chi connectivity index (χ2n) is 7.21. The summed E-state index contributed by atoms with van der Waals surface area (Å²) in [5.41, 5.74) is -0.116. The first-order valence-electron chi connectivity index (χ1n) is 6.50. The van der Waals surface area contributed by atoms with E-state index >= 15 is 0 Å². The van der Waals surface area contributed by atoms with Crippen LogP contribution in [0.2, 0.25) is 0 Å². The standard InChI is InChI=1S/C14H26O2/c1-12(2,3)15-11-9-10-7-8-14(11,6)16-13(10,4)5/h10-11H,7-9H2,1-6H3. The van der Waals surface area contributed by atoms with E-state index in [1.54, 1.807) is 0 Å². The fourth-order valence-corrected chi connectivity index (χ4v) is 3.28. The van der Waals surface area contributed by atoms with Gasteiger partial charge in [0.2, 0.25) is 0 Å². The Hall–Kier alpha value is -0.0800. The number of ether oxygens (including phenoxy) is 2. The predicted octanol–water partition coefficient (Wildman–Crippen LogP) is 3.54. The van der Waals surface area contributed by atoms with Crippen molar-refractivity contribution in [3.63, 3.8) is 0 Å². The Kier molecular flexibility index (Phi) is 2.67. The molecule has 3 rings (SSSR count). The summed E-state index contributed by atoms with van der Waals surface area (Å²) in [7, 11) is 0. The summed E-state index contributed by atoms with van der Waals surface area (Å²) >= 11 is 0. The van der Waals surface area contributed by atoms with Gasteiger partial charge in [0, 0.05) is 0 Å². The second kappa shape index (κ2) is 3.46. The molecule has 1 aliphatic carbocycles. The molecule has 3 fully saturated rings. The van der Waals surface area contributed by atoms with Gasteiger partial charge in [-0.05, 0) is 66.7 Å². The molecule has 2 saturated heterocycles. The molecule has 0 N–H and O–H groups in total. The molecular formula is C14H26O2. The van der Waals surface area contributed by atoms with Gasteiger partial charge in [-0.15, -0.1) is 0 Å². The van der Waals surface area contributed by atoms with E-state index in [1.165, 1.54) is 6.42 Å². The molecule has 16 heavy (non-hydrogen) atoms. The average molecular weight is 226 g/mol. The minimum Gasteiger partial charge on any atom is -0.370 e. The first-order chi connectivity index (χ1) is 7.12. The van der Waals surface area contributed by atoms with Crippen LogP contribution in [0.5, 0.6) is 0 Å². The fraction of sp³-hybridized carbons (Fsp3) is 1.00. The van der Waals surface area contributed by atoms with Crippen molar-refractivity contribution in [1.29, 1.82) is 0 Å². The molecule has 94 valence electrons. The Morgan fingerprint density at radius 1 is 1.19 bits per heavy atom. The Balaban J connectivity index is 2.15. The SMILES string of the molecule is CC(C)(C)OC1CC2CCC1(C)OC2(C)C. The monoisotopic (exact) mass is 226 g/mol. The average Bonchev–Trinajstić information content (AvgIpc) is 2.03. The van der Waals surface area contributed by atoms with Crippen molar-refractivity contribution in [1.82, 2.24) is 0 Å². The summed E-state index contributed by atoms with van der Waals surface area (Å²) in [5, 5.41) is 0. The van der Waals surface area contributed by atoms with Crippen LogP contribution in [0.4, 0.5) is 0 Å². The number of hydrogen-bond acceptors (Lipinski definition) is 2. The van der Waals surface area contributed by atoms with Crippen molar-refractivity contribution in [2.75, 3.05) is 0 Å². The van der Waals surface area contributed by atoms with Crippen molar-refractivity contribution in [2.24, 2.45) is 5.92 Å². The zero-order chi connectivity index (χ0) is 12.2. The lowest BCUT2D eigenvalue weighted by molar-refractivity contribution is -0.297. The molecule has 0 aromatic carbocycles. The minimum atomic E-state index is -0.0778. The van der Waals surface area contributed by atoms with E-state index in [0.717, 1.165) is 12.8 Å². The fourth-order valence-electron chi connectivity index (χ4n) is 3.28. The normalized spacial score (nSPS) is 42.4. The number of rotatable bonds is 1. The highest BCUT2D eigenvalue weighted by atomic mass is 16.6. The van der Waals surface area contributed by atoms with Gasteiger partial charge in [0.15, 0.2) is 0 Å². The molecule has 0 amide bonds. The number of fused-ring (bicyclic) bond motifs is 3. The smallest absolute Gasteiger partial charge is 0.0922 e. The van der Waals surface area contributed by atoms with Gasteiger partial charge in [0.05, 0.1) is 22.9 Å². The molecule has 3 aliphatic rings. The van der Waals surface area contributed by atoms with Gasteiger partial charge >= 0.3 is 0 Å². The maximum absolute atomic E-state index is 6.29. The Morgan fingerprint density at radius 2 is 1.81 bits per heavy atom. The topological polar surface area (TPSA) is 18.5 Å². The van der Waals surface area contributed by atoms with Crippen LogP contribution in [-0.2, 0) is 9.47 Å². The molecule has 2 heterocycles. The summed E-state index contributed by atoms with van der Waals surface area (Å²) in [4.78, 5) is 0. The summed E-state index contributed by atoms with van der Waals surface area (Å²) in [6.07, 6.45) is 3.84. The Bertz CT molecular complexity index is 277. The zero-order valence-corrected chi connectivity index (χ0v) is 11.6. The van der Waals surface area contributed by atoms with Crippen LogP contribution in [0.25, 0.3) is 0 Å². The molecule has 3 unspecified atom stereocenters. The van der Waals surface area contributed by atoms with Gasteiger partial charge in [-0.25, -0.2) is 0 Å². The summed E-state index contributed by atoms with van der Waals surface area (Å²) in [6.45, 7) is 13.1. The van der Waals surface area contributed by atoms with Gasteiger partial charge < -0.3 is 9.47 Å². The molecule has 0 aromatic heterocycles. The maximum atomic E-state index is 6.29. The third-order valence-corrected chi connectivity index (χ3v) is 4.14. The van der Waals surface area contributed by atoms with Gasteiger partial charge in [0.25, 0.3) is 0 Å². The highest BCUT2D eigenvalue weighted by Gasteiger charge is 2.55. The first-order valence-corrected chi connectivity index (χ1v) is 6.50. The van der Waals surface area contributed by atoms with Crippen molar-refractivity contribution >= 4 is 0 Å². The third-order valence-electron chi connectivity index (χ3n) is 4.14. The van der Waals surface area contributed by atoms with Gasteiger partial charge in [0.1, 0.15) is 0 Å². The van der Waals surface area contributed by atoms with Crippen LogP contribution >= 0.6 is 0 Å². The van der Waals surface area contributed by atoms with Crippen LogP contribution < -0.4 is 0 Å². The lowest BCUT2D eigenvalue weighted by Crippen LogP contribution is -2.62. The summed E-state index contributed by atoms with van der Waals surface area (Å²) < 4.78 is 12.5. The van der Waals surface area contributed by atoms with E-state index in [9.17, 15) is 0 Å². The zero-order valence-electron chi connectivity index (χ0n) is 11.6. The molecule has 0 aromatic rings. The molecule has 0 spiro atoms. The predicted molar refractivity (Wildman–Crippen MR) is 65.5 cm³/mol. The van der Waals surface area contributed by atoms with E-state index < -0.39 is 0 Å². The van der Waals surface area contributed by atoms with E-state index in [1.807, 2.05) is 0 Å². The molecule has 2 bridgehead atoms. The molecule has 2 aliphatic heterocycles. The van der Waals surface area contributed by atoms with E-state index in [2.05, 4.69) is 41.5 Å². The molecular weight excluding hydrogens is 200 g/mol. The molecule has 2 heteroatoms. The van der Waals surface area contributed by atoms with Crippen molar-refractivity contribution in [3.05, 3.63) is 0 Å². The van der Waals surface area contributed by atoms with E-state index in [-0.39, 0.29) is 22.9 Å². The van der Waals surface area contributed by atoms with Crippen molar-refractivity contribution in [3.8, 4) is 0 Å². The Morgan fingerprint density at radius 3 is 2.25 bits per heavy atom. The Labute approximate surface area is 99.7 Å². The van der Waals surface area contributed by atoms with Crippen LogP contribution in [0.1, 0.15) is 60.8 Å². The highest BCUT2D eigenvalue weighted by Crippen LogP contribution is 2.51. The van der Waals surface area contributed by atoms with Crippen molar-refractivity contribution in [2.45, 2.75) is 83.7 Å². The van der Waals surface area contributed by atoms with Crippen LogP contribution in [0.15, 0.2) is 0 Å². The molecule has 3 atom stereocenters. The molecule has 0 radical (unpaired) electrons. The maximum Gasteiger partial charge on any atom is 0.0922 e. The molecule has 2 nitrogen and oxygen atoms in total. The molecule has 1 saturated carbocycles. The van der Waals surface area contributed by atoms with E-state index in [0.29, 0.717) is 5.92 Å². The lowest BCUT2D eigenvalue weighted by atomic mass is 9.67. The lowest BCUT2D eigenvalue weighted by Gasteiger charge is -2.58. The first kappa shape index (κ1) is 12.4. The van der Waals surface area contributed by atoms with Gasteiger partial charge in [-0.1, -0.05) is 0 Å². The van der Waals surface area contributed by atoms with Gasteiger partial charge in [-0.2, -0.15) is 0 Å². The van der Waals surface area contributed by atoms with Crippen LogP contribution in [-0.4, -0.2) is 22.9 Å². The van der Waals surface area contributed by atoms with Gasteiger partial charge in [-0.3, -0.25) is 0 Å². The highest BCUT2D eigenvalue weighted by molar-refractivity contribution is 5.04. The summed E-state index contributed by atoms with van der Waals surface area (Å²) in [6, 6.07) is 0. The van der Waals surface area contributed by atoms with E-state index in [4.69, 9.17) is 9.47 Å². The third kappa shape index (κ3) is 2.14. The second-order valence-corrected chi connectivity index (χ2v) is 7.21. The van der Waals surface area contributed by atoms with Crippen molar-refractivity contribution < 1.29 is 9.47 Å². The largest absolute Gasteiger partial charge is 0.370 e.